The first-order valence-electron chi connectivity index (χ1n) is 12.9. The summed E-state index contributed by atoms with van der Waals surface area (Å²) in [7, 11) is 0. The highest BCUT2D eigenvalue weighted by atomic mass is 32.1. The van der Waals surface area contributed by atoms with Crippen molar-refractivity contribution in [2.45, 2.75) is 32.7 Å². The largest absolute Gasteiger partial charge is 0.463 e. The standard InChI is InChI=1S/C27H34N4O7S/c1-3-5-17-38-27(36)31-15-13-30(14-16-31)26(35)20(18-32)28-24(34)23-21(11-12-22(33)37-4-2)39-25(29-23)19-9-7-6-8-10-19/h6-12,20,32H,3-5,13-18H2,1-2H3,(H,28,34)/b12-11+. The number of hydrogen-bond acceptors (Lipinski definition) is 9. The van der Waals surface area contributed by atoms with Crippen LogP contribution in [0, 0.1) is 0 Å². The van der Waals surface area contributed by atoms with Gasteiger partial charge in [-0.3, -0.25) is 9.59 Å². The Labute approximate surface area is 231 Å². The number of carbonyl (C=O) groups is 4. The van der Waals surface area contributed by atoms with Gasteiger partial charge in [-0.15, -0.1) is 11.3 Å². The van der Waals surface area contributed by atoms with Crippen molar-refractivity contribution in [2.75, 3.05) is 46.0 Å². The number of aromatic nitrogens is 1. The number of ether oxygens (including phenoxy) is 2. The normalized spacial score (nSPS) is 14.2. The molecule has 0 saturated carbocycles. The second kappa shape index (κ2) is 15.0. The van der Waals surface area contributed by atoms with Crippen molar-refractivity contribution in [1.82, 2.24) is 20.1 Å². The number of piperazine rings is 1. The quantitative estimate of drug-likeness (QED) is 0.244. The third-order valence-electron chi connectivity index (χ3n) is 5.91. The van der Waals surface area contributed by atoms with Gasteiger partial charge in [-0.2, -0.15) is 0 Å². The number of benzene rings is 1. The second-order valence-corrected chi connectivity index (χ2v) is 9.70. The zero-order chi connectivity index (χ0) is 28.2. The van der Waals surface area contributed by atoms with E-state index in [-0.39, 0.29) is 38.5 Å². The van der Waals surface area contributed by atoms with Crippen LogP contribution >= 0.6 is 11.3 Å². The molecule has 2 heterocycles. The Morgan fingerprint density at radius 1 is 1.08 bits per heavy atom. The first-order chi connectivity index (χ1) is 18.9. The molecular weight excluding hydrogens is 524 g/mol. The molecule has 1 aromatic heterocycles. The van der Waals surface area contributed by atoms with E-state index in [1.54, 1.807) is 6.92 Å². The van der Waals surface area contributed by atoms with E-state index < -0.39 is 36.5 Å². The molecule has 1 aliphatic rings. The van der Waals surface area contributed by atoms with E-state index in [4.69, 9.17) is 9.47 Å². The Balaban J connectivity index is 1.69. The molecule has 0 radical (unpaired) electrons. The predicted molar refractivity (Wildman–Crippen MR) is 146 cm³/mol. The smallest absolute Gasteiger partial charge is 0.409 e. The lowest BCUT2D eigenvalue weighted by molar-refractivity contribution is -0.137. The Kier molecular flexibility index (Phi) is 11.4. The number of rotatable bonds is 11. The number of nitrogens with one attached hydrogen (secondary N) is 1. The Morgan fingerprint density at radius 3 is 2.41 bits per heavy atom. The number of amides is 3. The molecule has 2 aromatic rings. The van der Waals surface area contributed by atoms with Crippen molar-refractivity contribution in [3.05, 3.63) is 47.0 Å². The summed E-state index contributed by atoms with van der Waals surface area (Å²) in [6.07, 6.45) is 3.95. The number of carbonyl (C=O) groups excluding carboxylic acids is 4. The van der Waals surface area contributed by atoms with Gasteiger partial charge in [0.15, 0.2) is 0 Å². The summed E-state index contributed by atoms with van der Waals surface area (Å²) in [5.41, 5.74) is 0.804. The van der Waals surface area contributed by atoms with E-state index in [0.717, 1.165) is 18.4 Å². The topological polar surface area (TPSA) is 138 Å². The van der Waals surface area contributed by atoms with Gasteiger partial charge in [0.2, 0.25) is 5.91 Å². The first kappa shape index (κ1) is 29.8. The van der Waals surface area contributed by atoms with Gasteiger partial charge in [0.1, 0.15) is 16.7 Å². The molecule has 3 rings (SSSR count). The second-order valence-electron chi connectivity index (χ2n) is 8.67. The molecule has 39 heavy (non-hydrogen) atoms. The maximum atomic E-state index is 13.2. The molecule has 0 bridgehead atoms. The number of unbranched alkanes of at least 4 members (excludes halogenated alkanes) is 1. The minimum Gasteiger partial charge on any atom is -0.463 e. The molecule has 1 aliphatic heterocycles. The zero-order valence-corrected chi connectivity index (χ0v) is 22.9. The third kappa shape index (κ3) is 8.36. The summed E-state index contributed by atoms with van der Waals surface area (Å²) >= 11 is 1.21. The first-order valence-corrected chi connectivity index (χ1v) is 13.7. The SMILES string of the molecule is CCCCOC(=O)N1CCN(C(=O)C(CO)NC(=O)c2nc(-c3ccccc3)sc2/C=C/C(=O)OCC)CC1. The fraction of sp³-hybridized carbons (Fsp3) is 0.444. The van der Waals surface area contributed by atoms with E-state index in [1.165, 1.54) is 33.3 Å². The maximum Gasteiger partial charge on any atom is 0.409 e. The van der Waals surface area contributed by atoms with Crippen molar-refractivity contribution >= 4 is 41.3 Å². The van der Waals surface area contributed by atoms with Crippen LogP contribution in [0.3, 0.4) is 0 Å². The van der Waals surface area contributed by atoms with E-state index in [9.17, 15) is 24.3 Å². The van der Waals surface area contributed by atoms with Crippen LogP contribution in [0.1, 0.15) is 42.1 Å². The Morgan fingerprint density at radius 2 is 1.77 bits per heavy atom. The van der Waals surface area contributed by atoms with E-state index in [2.05, 4.69) is 10.3 Å². The van der Waals surface area contributed by atoms with E-state index in [0.29, 0.717) is 16.5 Å². The van der Waals surface area contributed by atoms with Crippen LogP contribution in [0.5, 0.6) is 0 Å². The molecule has 2 N–H and O–H groups in total. The summed E-state index contributed by atoms with van der Waals surface area (Å²) in [6.45, 7) is 4.72. The fourth-order valence-electron chi connectivity index (χ4n) is 3.78. The third-order valence-corrected chi connectivity index (χ3v) is 6.98. The minimum atomic E-state index is -1.20. The van der Waals surface area contributed by atoms with Crippen LogP contribution in [-0.4, -0.2) is 95.8 Å². The van der Waals surface area contributed by atoms with Crippen LogP contribution in [0.25, 0.3) is 16.6 Å². The fourth-order valence-corrected chi connectivity index (χ4v) is 4.75. The summed E-state index contributed by atoms with van der Waals surface area (Å²) < 4.78 is 10.2. The van der Waals surface area contributed by atoms with Gasteiger partial charge < -0.3 is 29.7 Å². The predicted octanol–water partition coefficient (Wildman–Crippen LogP) is 2.56. The van der Waals surface area contributed by atoms with Gasteiger partial charge in [0.25, 0.3) is 5.91 Å². The molecule has 3 amide bonds. The number of aliphatic hydroxyl groups excluding tert-OH is 1. The number of aliphatic hydroxyl groups is 1. The van der Waals surface area contributed by atoms with Crippen molar-refractivity contribution in [3.8, 4) is 10.6 Å². The monoisotopic (exact) mass is 558 g/mol. The van der Waals surface area contributed by atoms with Crippen LogP contribution < -0.4 is 5.32 Å². The molecule has 11 nitrogen and oxygen atoms in total. The van der Waals surface area contributed by atoms with Crippen LogP contribution in [0.15, 0.2) is 36.4 Å². The average Bonchev–Trinajstić information content (AvgIpc) is 3.40. The minimum absolute atomic E-state index is 0.0188. The summed E-state index contributed by atoms with van der Waals surface area (Å²) in [6, 6.07) is 8.03. The highest BCUT2D eigenvalue weighted by molar-refractivity contribution is 7.16. The molecule has 210 valence electrons. The van der Waals surface area contributed by atoms with Gasteiger partial charge in [0, 0.05) is 37.8 Å². The van der Waals surface area contributed by atoms with Gasteiger partial charge in [-0.25, -0.2) is 14.6 Å². The highest BCUT2D eigenvalue weighted by Gasteiger charge is 2.31. The lowest BCUT2D eigenvalue weighted by Gasteiger charge is -2.35. The summed E-state index contributed by atoms with van der Waals surface area (Å²) in [4.78, 5) is 58.3. The van der Waals surface area contributed by atoms with Crippen LogP contribution in [0.4, 0.5) is 4.79 Å². The summed E-state index contributed by atoms with van der Waals surface area (Å²) in [5.74, 6) is -1.69. The van der Waals surface area contributed by atoms with Crippen LogP contribution in [-0.2, 0) is 19.1 Å². The molecule has 1 atom stereocenters. The van der Waals surface area contributed by atoms with Gasteiger partial charge in [0.05, 0.1) is 24.7 Å². The molecule has 1 saturated heterocycles. The molecule has 1 unspecified atom stereocenters. The lowest BCUT2D eigenvalue weighted by atomic mass is 10.2. The number of esters is 1. The zero-order valence-electron chi connectivity index (χ0n) is 22.1. The molecule has 0 aliphatic carbocycles. The lowest BCUT2D eigenvalue weighted by Crippen LogP contribution is -2.56. The molecular formula is C27H34N4O7S. The Bertz CT molecular complexity index is 1160. The van der Waals surface area contributed by atoms with E-state index in [1.807, 2.05) is 37.3 Å². The van der Waals surface area contributed by atoms with Crippen molar-refractivity contribution in [3.63, 3.8) is 0 Å². The molecule has 12 heteroatoms. The average molecular weight is 559 g/mol. The van der Waals surface area contributed by atoms with Gasteiger partial charge in [-0.05, 0) is 19.4 Å². The van der Waals surface area contributed by atoms with Gasteiger partial charge >= 0.3 is 12.1 Å². The maximum absolute atomic E-state index is 13.2. The molecule has 1 aromatic carbocycles. The summed E-state index contributed by atoms with van der Waals surface area (Å²) in [5, 5.41) is 13.1. The Hall–Kier alpha value is -3.77. The molecule has 0 spiro atoms. The molecule has 1 fully saturated rings. The highest BCUT2D eigenvalue weighted by Crippen LogP contribution is 2.29. The van der Waals surface area contributed by atoms with Crippen molar-refractivity contribution in [2.24, 2.45) is 0 Å². The van der Waals surface area contributed by atoms with Gasteiger partial charge in [-0.1, -0.05) is 43.7 Å². The number of nitrogens with zero attached hydrogens (tertiary/aromatic N) is 3. The number of hydrogen-bond donors (Lipinski definition) is 2. The van der Waals surface area contributed by atoms with Crippen molar-refractivity contribution < 1.29 is 33.8 Å². The van der Waals surface area contributed by atoms with E-state index >= 15 is 0 Å². The van der Waals surface area contributed by atoms with Crippen LogP contribution in [0.2, 0.25) is 0 Å². The van der Waals surface area contributed by atoms with Crippen molar-refractivity contribution in [1.29, 1.82) is 0 Å². The number of thiazole rings is 1.